The normalized spacial score (nSPS) is 27.6. The Morgan fingerprint density at radius 3 is 2.81 bits per heavy atom. The molecule has 1 aliphatic carbocycles. The summed E-state index contributed by atoms with van der Waals surface area (Å²) in [5.41, 5.74) is 5.63. The van der Waals surface area contributed by atoms with E-state index in [0.29, 0.717) is 19.1 Å². The van der Waals surface area contributed by atoms with Crippen LogP contribution in [-0.4, -0.2) is 31.8 Å². The van der Waals surface area contributed by atoms with E-state index in [0.717, 1.165) is 32.5 Å². The molecule has 0 aromatic heterocycles. The lowest BCUT2D eigenvalue weighted by molar-refractivity contribution is -0.0484. The van der Waals surface area contributed by atoms with Crippen LogP contribution in [0.5, 0.6) is 0 Å². The largest absolute Gasteiger partial charge is 0.388 e. The summed E-state index contributed by atoms with van der Waals surface area (Å²) in [4.78, 5) is 0. The molecule has 4 heteroatoms. The van der Waals surface area contributed by atoms with Crippen LogP contribution in [0.4, 0.5) is 0 Å². The molecule has 0 spiro atoms. The summed E-state index contributed by atoms with van der Waals surface area (Å²) in [7, 11) is 0. The number of hydrogen-bond acceptors (Lipinski definition) is 3. The summed E-state index contributed by atoms with van der Waals surface area (Å²) in [6.45, 7) is 2.33. The van der Waals surface area contributed by atoms with E-state index in [4.69, 9.17) is 20.6 Å². The first-order valence-corrected chi connectivity index (χ1v) is 6.22. The molecule has 92 valence electrons. The predicted molar refractivity (Wildman–Crippen MR) is 62.6 cm³/mol. The second kappa shape index (κ2) is 5.15. The zero-order valence-corrected chi connectivity index (χ0v) is 9.84. The van der Waals surface area contributed by atoms with Gasteiger partial charge in [0.15, 0.2) is 0 Å². The van der Waals surface area contributed by atoms with Crippen molar-refractivity contribution in [3.63, 3.8) is 0 Å². The third-order valence-corrected chi connectivity index (χ3v) is 3.51. The second-order valence-corrected chi connectivity index (χ2v) is 5.21. The van der Waals surface area contributed by atoms with Crippen molar-refractivity contribution in [2.45, 2.75) is 44.6 Å². The molecular formula is C12H22N2O2. The third kappa shape index (κ3) is 3.46. The summed E-state index contributed by atoms with van der Waals surface area (Å²) >= 11 is 0. The van der Waals surface area contributed by atoms with Gasteiger partial charge in [-0.25, -0.2) is 0 Å². The summed E-state index contributed by atoms with van der Waals surface area (Å²) in [5, 5.41) is 7.32. The molecule has 1 heterocycles. The van der Waals surface area contributed by atoms with Gasteiger partial charge in [-0.1, -0.05) is 0 Å². The molecule has 1 saturated carbocycles. The topological polar surface area (TPSA) is 68.3 Å². The Labute approximate surface area is 97.0 Å². The van der Waals surface area contributed by atoms with E-state index in [1.165, 1.54) is 12.8 Å². The number of hydrogen-bond donors (Lipinski definition) is 2. The summed E-state index contributed by atoms with van der Waals surface area (Å²) in [5.74, 6) is 0.287. The first-order chi connectivity index (χ1) is 7.70. The maximum absolute atomic E-state index is 7.32. The number of ether oxygens (including phenoxy) is 2. The van der Waals surface area contributed by atoms with Crippen LogP contribution in [-0.2, 0) is 9.47 Å². The molecule has 0 aromatic rings. The highest BCUT2D eigenvalue weighted by Crippen LogP contribution is 2.48. The maximum Gasteiger partial charge on any atom is 0.0911 e. The molecule has 3 N–H and O–H groups in total. The SMILES string of the molecule is N=C(N)CC1(COCC2CCCCO2)CC1. The number of nitrogens with one attached hydrogen (secondary N) is 1. The van der Waals surface area contributed by atoms with Crippen LogP contribution >= 0.6 is 0 Å². The zero-order chi connectivity index (χ0) is 11.4. The predicted octanol–water partition coefficient (Wildman–Crippen LogP) is 1.68. The van der Waals surface area contributed by atoms with E-state index in [9.17, 15) is 0 Å². The third-order valence-electron chi connectivity index (χ3n) is 3.51. The molecule has 2 rings (SSSR count). The smallest absolute Gasteiger partial charge is 0.0911 e. The van der Waals surface area contributed by atoms with Gasteiger partial charge in [-0.2, -0.15) is 0 Å². The van der Waals surface area contributed by atoms with Crippen molar-refractivity contribution in [3.05, 3.63) is 0 Å². The summed E-state index contributed by atoms with van der Waals surface area (Å²) < 4.78 is 11.3. The molecule has 0 aromatic carbocycles. The molecule has 16 heavy (non-hydrogen) atoms. The van der Waals surface area contributed by atoms with Crippen LogP contribution in [0, 0.1) is 10.8 Å². The van der Waals surface area contributed by atoms with Crippen molar-refractivity contribution in [1.29, 1.82) is 5.41 Å². The van der Waals surface area contributed by atoms with Gasteiger partial charge in [-0.15, -0.1) is 0 Å². The molecule has 1 saturated heterocycles. The van der Waals surface area contributed by atoms with Crippen LogP contribution in [0.15, 0.2) is 0 Å². The minimum Gasteiger partial charge on any atom is -0.388 e. The molecule has 2 fully saturated rings. The van der Waals surface area contributed by atoms with Gasteiger partial charge in [0.05, 0.1) is 25.2 Å². The molecule has 1 aliphatic heterocycles. The Bertz CT molecular complexity index is 245. The molecule has 2 aliphatic rings. The van der Waals surface area contributed by atoms with E-state index >= 15 is 0 Å². The molecule has 0 radical (unpaired) electrons. The van der Waals surface area contributed by atoms with E-state index in [2.05, 4.69) is 0 Å². The quantitative estimate of drug-likeness (QED) is 0.535. The number of rotatable bonds is 6. The Hall–Kier alpha value is -0.610. The minimum atomic E-state index is 0.195. The molecule has 0 amide bonds. The van der Waals surface area contributed by atoms with E-state index in [1.807, 2.05) is 0 Å². The average Bonchev–Trinajstić information content (AvgIpc) is 2.99. The van der Waals surface area contributed by atoms with E-state index in [-0.39, 0.29) is 11.3 Å². The van der Waals surface area contributed by atoms with Gasteiger partial charge in [-0.3, -0.25) is 5.41 Å². The van der Waals surface area contributed by atoms with Crippen LogP contribution in [0.25, 0.3) is 0 Å². The highest BCUT2D eigenvalue weighted by atomic mass is 16.5. The van der Waals surface area contributed by atoms with Gasteiger partial charge in [0.1, 0.15) is 0 Å². The van der Waals surface area contributed by atoms with Crippen molar-refractivity contribution in [2.75, 3.05) is 19.8 Å². The second-order valence-electron chi connectivity index (χ2n) is 5.21. The van der Waals surface area contributed by atoms with Gasteiger partial charge in [0, 0.05) is 18.4 Å². The first-order valence-electron chi connectivity index (χ1n) is 6.22. The summed E-state index contributed by atoms with van der Waals surface area (Å²) in [6, 6.07) is 0. The van der Waals surface area contributed by atoms with Gasteiger partial charge in [0.2, 0.25) is 0 Å². The Balaban J connectivity index is 1.62. The van der Waals surface area contributed by atoms with Gasteiger partial charge < -0.3 is 15.2 Å². The Kier molecular flexibility index (Phi) is 3.82. The van der Waals surface area contributed by atoms with Crippen molar-refractivity contribution in [1.82, 2.24) is 0 Å². The zero-order valence-electron chi connectivity index (χ0n) is 9.84. The molecule has 0 bridgehead atoms. The van der Waals surface area contributed by atoms with Crippen LogP contribution in [0.3, 0.4) is 0 Å². The van der Waals surface area contributed by atoms with Gasteiger partial charge >= 0.3 is 0 Å². The Morgan fingerprint density at radius 2 is 2.25 bits per heavy atom. The lowest BCUT2D eigenvalue weighted by Crippen LogP contribution is -2.27. The van der Waals surface area contributed by atoms with Crippen molar-refractivity contribution < 1.29 is 9.47 Å². The minimum absolute atomic E-state index is 0.195. The monoisotopic (exact) mass is 226 g/mol. The lowest BCUT2D eigenvalue weighted by atomic mass is 10.0. The Morgan fingerprint density at radius 1 is 1.44 bits per heavy atom. The van der Waals surface area contributed by atoms with E-state index in [1.54, 1.807) is 0 Å². The van der Waals surface area contributed by atoms with Crippen LogP contribution in [0.1, 0.15) is 38.5 Å². The summed E-state index contributed by atoms with van der Waals surface area (Å²) in [6.07, 6.45) is 6.85. The van der Waals surface area contributed by atoms with Gasteiger partial charge in [-0.05, 0) is 32.1 Å². The molecule has 1 unspecified atom stereocenters. The van der Waals surface area contributed by atoms with E-state index < -0.39 is 0 Å². The van der Waals surface area contributed by atoms with Crippen LogP contribution < -0.4 is 5.73 Å². The fourth-order valence-electron chi connectivity index (χ4n) is 2.30. The highest BCUT2D eigenvalue weighted by Gasteiger charge is 2.43. The number of nitrogens with two attached hydrogens (primary N) is 1. The fourth-order valence-corrected chi connectivity index (χ4v) is 2.30. The standard InChI is InChI=1S/C12H22N2O2/c13-11(14)7-12(4-5-12)9-15-8-10-3-1-2-6-16-10/h10H,1-9H2,(H3,13,14). The highest BCUT2D eigenvalue weighted by molar-refractivity contribution is 5.78. The van der Waals surface area contributed by atoms with Gasteiger partial charge in [0.25, 0.3) is 0 Å². The first kappa shape index (κ1) is 11.9. The maximum atomic E-state index is 7.32. The molecule has 1 atom stereocenters. The van der Waals surface area contributed by atoms with Crippen molar-refractivity contribution in [2.24, 2.45) is 11.1 Å². The molecule has 4 nitrogen and oxygen atoms in total. The fraction of sp³-hybridized carbons (Fsp3) is 0.917. The van der Waals surface area contributed by atoms with Crippen molar-refractivity contribution >= 4 is 5.84 Å². The van der Waals surface area contributed by atoms with Crippen molar-refractivity contribution in [3.8, 4) is 0 Å². The number of amidine groups is 1. The lowest BCUT2D eigenvalue weighted by Gasteiger charge is -2.23. The average molecular weight is 226 g/mol. The molecular weight excluding hydrogens is 204 g/mol. The van der Waals surface area contributed by atoms with Crippen LogP contribution in [0.2, 0.25) is 0 Å².